The van der Waals surface area contributed by atoms with Crippen molar-refractivity contribution in [3.8, 4) is 0 Å². The van der Waals surface area contributed by atoms with E-state index in [0.29, 0.717) is 37.7 Å². The average molecular weight is 401 g/mol. The van der Waals surface area contributed by atoms with Crippen LogP contribution in [0.3, 0.4) is 0 Å². The van der Waals surface area contributed by atoms with Gasteiger partial charge in [0.1, 0.15) is 18.0 Å². The molecule has 0 N–H and O–H groups in total. The van der Waals surface area contributed by atoms with E-state index in [2.05, 4.69) is 6.92 Å². The molecule has 0 radical (unpaired) electrons. The van der Waals surface area contributed by atoms with Crippen LogP contribution in [-0.4, -0.2) is 29.9 Å². The fourth-order valence-electron chi connectivity index (χ4n) is 4.65. The SMILES string of the molecule is CCCCCCCC(=O)CC[C@H]1C(OC(=O)c2ccccc2)CC2OC(=O)C[C@@H]21. The Hall–Kier alpha value is -2.17. The molecule has 5 nitrogen and oxygen atoms in total. The fraction of sp³-hybridized carbons (Fsp3) is 0.625. The summed E-state index contributed by atoms with van der Waals surface area (Å²) in [6.45, 7) is 2.18. The zero-order valence-electron chi connectivity index (χ0n) is 17.3. The van der Waals surface area contributed by atoms with E-state index < -0.39 is 0 Å². The molecule has 1 aliphatic carbocycles. The second-order valence-corrected chi connectivity index (χ2v) is 8.35. The molecule has 2 unspecified atom stereocenters. The van der Waals surface area contributed by atoms with Gasteiger partial charge in [0.2, 0.25) is 0 Å². The Morgan fingerprint density at radius 1 is 1.07 bits per heavy atom. The van der Waals surface area contributed by atoms with Crippen molar-refractivity contribution >= 4 is 17.7 Å². The summed E-state index contributed by atoms with van der Waals surface area (Å²) in [7, 11) is 0. The molecule has 4 atom stereocenters. The minimum Gasteiger partial charge on any atom is -0.462 e. The van der Waals surface area contributed by atoms with Crippen LogP contribution < -0.4 is 0 Å². The van der Waals surface area contributed by atoms with Crippen LogP contribution in [0.1, 0.15) is 81.5 Å². The summed E-state index contributed by atoms with van der Waals surface area (Å²) >= 11 is 0. The zero-order chi connectivity index (χ0) is 20.6. The molecule has 1 aliphatic heterocycles. The van der Waals surface area contributed by atoms with E-state index in [1.807, 2.05) is 6.07 Å². The summed E-state index contributed by atoms with van der Waals surface area (Å²) in [6.07, 6.45) is 7.81. The number of unbranched alkanes of at least 4 members (excludes halogenated alkanes) is 4. The third-order valence-electron chi connectivity index (χ3n) is 6.24. The van der Waals surface area contributed by atoms with E-state index >= 15 is 0 Å². The number of ketones is 1. The summed E-state index contributed by atoms with van der Waals surface area (Å²) < 4.78 is 11.2. The van der Waals surface area contributed by atoms with Crippen molar-refractivity contribution in [1.29, 1.82) is 0 Å². The topological polar surface area (TPSA) is 69.7 Å². The maximum atomic E-state index is 12.5. The molecule has 1 aromatic carbocycles. The van der Waals surface area contributed by atoms with Crippen molar-refractivity contribution in [3.63, 3.8) is 0 Å². The third kappa shape index (κ3) is 5.91. The Labute approximate surface area is 173 Å². The van der Waals surface area contributed by atoms with Crippen molar-refractivity contribution in [3.05, 3.63) is 35.9 Å². The number of rotatable bonds is 11. The lowest BCUT2D eigenvalue weighted by Gasteiger charge is -2.23. The summed E-state index contributed by atoms with van der Waals surface area (Å²) in [5.74, 6) is -0.214. The highest BCUT2D eigenvalue weighted by atomic mass is 16.6. The number of fused-ring (bicyclic) bond motifs is 1. The summed E-state index contributed by atoms with van der Waals surface area (Å²) in [5.41, 5.74) is 0.517. The van der Waals surface area contributed by atoms with Gasteiger partial charge in [0.05, 0.1) is 12.0 Å². The number of benzene rings is 1. The Bertz CT molecular complexity index is 698. The maximum Gasteiger partial charge on any atom is 0.338 e. The second kappa shape index (κ2) is 10.6. The highest BCUT2D eigenvalue weighted by Gasteiger charge is 2.51. The van der Waals surface area contributed by atoms with E-state index in [1.54, 1.807) is 24.3 Å². The van der Waals surface area contributed by atoms with E-state index in [-0.39, 0.29) is 41.8 Å². The molecule has 0 aromatic heterocycles. The molecule has 1 saturated heterocycles. The molecule has 1 saturated carbocycles. The van der Waals surface area contributed by atoms with Crippen molar-refractivity contribution in [2.45, 2.75) is 83.3 Å². The van der Waals surface area contributed by atoms with Crippen LogP contribution in [-0.2, 0) is 19.1 Å². The van der Waals surface area contributed by atoms with Crippen LogP contribution in [0.5, 0.6) is 0 Å². The molecule has 1 heterocycles. The van der Waals surface area contributed by atoms with Gasteiger partial charge in [-0.3, -0.25) is 9.59 Å². The third-order valence-corrected chi connectivity index (χ3v) is 6.24. The van der Waals surface area contributed by atoms with Gasteiger partial charge in [-0.05, 0) is 25.0 Å². The molecule has 2 fully saturated rings. The summed E-state index contributed by atoms with van der Waals surface area (Å²) in [4.78, 5) is 36.6. The first-order chi connectivity index (χ1) is 14.1. The number of hydrogen-bond donors (Lipinski definition) is 0. The van der Waals surface area contributed by atoms with Crippen LogP contribution in [0.2, 0.25) is 0 Å². The van der Waals surface area contributed by atoms with Gasteiger partial charge < -0.3 is 9.47 Å². The van der Waals surface area contributed by atoms with Gasteiger partial charge in [-0.1, -0.05) is 50.8 Å². The molecule has 5 heteroatoms. The predicted octanol–water partition coefficient (Wildman–Crippen LogP) is 4.87. The van der Waals surface area contributed by atoms with Gasteiger partial charge in [0.25, 0.3) is 0 Å². The maximum absolute atomic E-state index is 12.5. The monoisotopic (exact) mass is 400 g/mol. The van der Waals surface area contributed by atoms with E-state index in [4.69, 9.17) is 9.47 Å². The Morgan fingerprint density at radius 3 is 2.59 bits per heavy atom. The summed E-state index contributed by atoms with van der Waals surface area (Å²) in [5, 5.41) is 0. The Kier molecular flexibility index (Phi) is 7.84. The smallest absolute Gasteiger partial charge is 0.338 e. The predicted molar refractivity (Wildman–Crippen MR) is 109 cm³/mol. The summed E-state index contributed by atoms with van der Waals surface area (Å²) in [6, 6.07) is 8.92. The molecule has 1 aromatic rings. The second-order valence-electron chi connectivity index (χ2n) is 8.35. The highest BCUT2D eigenvalue weighted by molar-refractivity contribution is 5.89. The molecular weight excluding hydrogens is 368 g/mol. The van der Waals surface area contributed by atoms with E-state index in [0.717, 1.165) is 12.8 Å². The van der Waals surface area contributed by atoms with E-state index in [1.165, 1.54) is 19.3 Å². The standard InChI is InChI=1S/C24H32O5/c1-2-3-4-5-9-12-18(25)13-14-19-20-15-23(26)28-22(20)16-21(19)29-24(27)17-10-7-6-8-11-17/h6-8,10-11,19-22H,2-5,9,12-16H2,1H3/t19-,20-,21?,22?/m1/s1. The van der Waals surface area contributed by atoms with Crippen molar-refractivity contribution in [1.82, 2.24) is 0 Å². The molecule has 29 heavy (non-hydrogen) atoms. The molecule has 0 bridgehead atoms. The van der Waals surface area contributed by atoms with Crippen LogP contribution >= 0.6 is 0 Å². The minimum absolute atomic E-state index is 0.00292. The zero-order valence-corrected chi connectivity index (χ0v) is 17.3. The van der Waals surface area contributed by atoms with Crippen molar-refractivity contribution in [2.24, 2.45) is 11.8 Å². The first kappa shape index (κ1) is 21.5. The molecule has 158 valence electrons. The lowest BCUT2D eigenvalue weighted by atomic mass is 9.87. The lowest BCUT2D eigenvalue weighted by molar-refractivity contribution is -0.141. The van der Waals surface area contributed by atoms with Crippen LogP contribution in [0.15, 0.2) is 30.3 Å². The van der Waals surface area contributed by atoms with Gasteiger partial charge in [0, 0.05) is 31.1 Å². The van der Waals surface area contributed by atoms with Crippen LogP contribution in [0.25, 0.3) is 0 Å². The van der Waals surface area contributed by atoms with Gasteiger partial charge in [-0.25, -0.2) is 4.79 Å². The van der Waals surface area contributed by atoms with Crippen LogP contribution in [0, 0.1) is 11.8 Å². The molecular formula is C24H32O5. The number of esters is 2. The number of carbonyl (C=O) groups excluding carboxylic acids is 3. The Balaban J connectivity index is 1.53. The number of Topliss-reactive ketones (excluding diaryl/α,β-unsaturated/α-hetero) is 1. The van der Waals surface area contributed by atoms with E-state index in [9.17, 15) is 14.4 Å². The number of ether oxygens (including phenoxy) is 2. The first-order valence-corrected chi connectivity index (χ1v) is 11.1. The minimum atomic E-state index is -0.353. The lowest BCUT2D eigenvalue weighted by Crippen LogP contribution is -2.26. The molecule has 2 aliphatic rings. The molecule has 3 rings (SSSR count). The molecule has 0 amide bonds. The van der Waals surface area contributed by atoms with Gasteiger partial charge in [0.15, 0.2) is 0 Å². The fourth-order valence-corrected chi connectivity index (χ4v) is 4.65. The number of carbonyl (C=O) groups is 3. The number of hydrogen-bond acceptors (Lipinski definition) is 5. The average Bonchev–Trinajstić information content (AvgIpc) is 3.22. The quantitative estimate of drug-likeness (QED) is 0.391. The van der Waals surface area contributed by atoms with Gasteiger partial charge in [-0.15, -0.1) is 0 Å². The Morgan fingerprint density at radius 2 is 1.83 bits per heavy atom. The molecule has 0 spiro atoms. The van der Waals surface area contributed by atoms with Gasteiger partial charge >= 0.3 is 11.9 Å². The van der Waals surface area contributed by atoms with Crippen molar-refractivity contribution < 1.29 is 23.9 Å². The van der Waals surface area contributed by atoms with Crippen LogP contribution in [0.4, 0.5) is 0 Å². The highest BCUT2D eigenvalue weighted by Crippen LogP contribution is 2.45. The van der Waals surface area contributed by atoms with Gasteiger partial charge in [-0.2, -0.15) is 0 Å². The first-order valence-electron chi connectivity index (χ1n) is 11.1. The van der Waals surface area contributed by atoms with Crippen molar-refractivity contribution in [2.75, 3.05) is 0 Å². The normalized spacial score (nSPS) is 25.5. The largest absolute Gasteiger partial charge is 0.462 e.